The van der Waals surface area contributed by atoms with Crippen molar-refractivity contribution in [1.29, 1.82) is 0 Å². The van der Waals surface area contributed by atoms with Gasteiger partial charge in [-0.2, -0.15) is 9.40 Å². The molecule has 7 nitrogen and oxygen atoms in total. The van der Waals surface area contributed by atoms with Crippen molar-refractivity contribution < 1.29 is 13.2 Å². The summed E-state index contributed by atoms with van der Waals surface area (Å²) in [5.41, 5.74) is 5.18. The maximum absolute atomic E-state index is 12.7. The van der Waals surface area contributed by atoms with E-state index in [0.29, 0.717) is 49.3 Å². The average Bonchev–Trinajstić information content (AvgIpc) is 3.09. The van der Waals surface area contributed by atoms with E-state index >= 15 is 0 Å². The zero-order valence-corrected chi connectivity index (χ0v) is 19.8. The molecule has 9 heteroatoms. The van der Waals surface area contributed by atoms with Gasteiger partial charge in [0.15, 0.2) is 0 Å². The second-order valence-corrected chi connectivity index (χ2v) is 10.2. The third-order valence-electron chi connectivity index (χ3n) is 5.67. The Morgan fingerprint density at radius 1 is 1.00 bits per heavy atom. The summed E-state index contributed by atoms with van der Waals surface area (Å²) in [6, 6.07) is 14.7. The first-order chi connectivity index (χ1) is 15.4. The number of hydrogen-bond donors (Lipinski definition) is 1. The molecule has 0 bridgehead atoms. The van der Waals surface area contributed by atoms with Gasteiger partial charge in [-0.05, 0) is 55.8 Å². The smallest absolute Gasteiger partial charge is 0.243 e. The predicted molar refractivity (Wildman–Crippen MR) is 125 cm³/mol. The number of rotatable bonds is 7. The lowest BCUT2D eigenvalue weighted by molar-refractivity contribution is 0.0730. The third-order valence-corrected chi connectivity index (χ3v) is 7.84. The second kappa shape index (κ2) is 9.72. The van der Waals surface area contributed by atoms with E-state index in [9.17, 15) is 8.42 Å². The van der Waals surface area contributed by atoms with Gasteiger partial charge in [0.05, 0.1) is 29.5 Å². The van der Waals surface area contributed by atoms with Crippen molar-refractivity contribution in [3.05, 3.63) is 76.1 Å². The Bertz CT molecular complexity index is 1170. The molecular formula is C23H27ClN4O3S. The molecule has 1 saturated heterocycles. The quantitative estimate of drug-likeness (QED) is 0.567. The first-order valence-corrected chi connectivity index (χ1v) is 12.4. The first-order valence-electron chi connectivity index (χ1n) is 10.5. The summed E-state index contributed by atoms with van der Waals surface area (Å²) in [5, 5.41) is 8.81. The van der Waals surface area contributed by atoms with Gasteiger partial charge in [0.25, 0.3) is 0 Å². The lowest BCUT2D eigenvalue weighted by atomic mass is 10.2. The van der Waals surface area contributed by atoms with E-state index in [1.54, 1.807) is 12.1 Å². The van der Waals surface area contributed by atoms with E-state index in [-0.39, 0.29) is 0 Å². The monoisotopic (exact) mass is 474 g/mol. The van der Waals surface area contributed by atoms with Crippen LogP contribution >= 0.6 is 11.6 Å². The van der Waals surface area contributed by atoms with Crippen LogP contribution < -0.4 is 5.32 Å². The molecule has 0 unspecified atom stereocenters. The largest absolute Gasteiger partial charge is 0.379 e. The lowest BCUT2D eigenvalue weighted by Gasteiger charge is -2.26. The maximum Gasteiger partial charge on any atom is 0.243 e. The van der Waals surface area contributed by atoms with Gasteiger partial charge in [0, 0.05) is 42.5 Å². The molecule has 1 aliphatic heterocycles. The molecular weight excluding hydrogens is 448 g/mol. The highest BCUT2D eigenvalue weighted by molar-refractivity contribution is 7.89. The van der Waals surface area contributed by atoms with Crippen molar-refractivity contribution in [3.8, 4) is 5.69 Å². The molecule has 0 saturated carbocycles. The number of ether oxygens (including phenoxy) is 1. The molecule has 0 amide bonds. The van der Waals surface area contributed by atoms with Gasteiger partial charge in [-0.15, -0.1) is 0 Å². The molecule has 170 valence electrons. The van der Waals surface area contributed by atoms with Gasteiger partial charge in [-0.1, -0.05) is 23.7 Å². The van der Waals surface area contributed by atoms with Crippen molar-refractivity contribution in [2.45, 2.75) is 31.8 Å². The Kier molecular flexibility index (Phi) is 6.97. The zero-order chi connectivity index (χ0) is 22.7. The van der Waals surface area contributed by atoms with Crippen molar-refractivity contribution >= 4 is 21.6 Å². The van der Waals surface area contributed by atoms with Crippen LogP contribution in [0.2, 0.25) is 5.02 Å². The molecule has 32 heavy (non-hydrogen) atoms. The molecule has 0 radical (unpaired) electrons. The molecule has 3 aromatic rings. The number of aryl methyl sites for hydroxylation is 1. The van der Waals surface area contributed by atoms with Crippen LogP contribution in [0.15, 0.2) is 53.4 Å². The van der Waals surface area contributed by atoms with Crippen molar-refractivity contribution in [2.75, 3.05) is 26.3 Å². The maximum atomic E-state index is 12.7. The van der Waals surface area contributed by atoms with E-state index in [1.165, 1.54) is 4.31 Å². The standard InChI is InChI=1S/C23H27ClN4O3S/c1-17-23(18(2)28(26-17)21-7-5-20(24)6-8-21)16-25-15-19-3-9-22(10-4-19)32(29,30)27-11-13-31-14-12-27/h3-10,25H,11-16H2,1-2H3. The van der Waals surface area contributed by atoms with E-state index in [4.69, 9.17) is 16.3 Å². The molecule has 1 N–H and O–H groups in total. The van der Waals surface area contributed by atoms with Crippen LogP contribution in [-0.2, 0) is 27.8 Å². The summed E-state index contributed by atoms with van der Waals surface area (Å²) in [4.78, 5) is 0.319. The minimum atomic E-state index is -3.47. The topological polar surface area (TPSA) is 76.5 Å². The number of hydrogen-bond acceptors (Lipinski definition) is 5. The highest BCUT2D eigenvalue weighted by Crippen LogP contribution is 2.20. The highest BCUT2D eigenvalue weighted by Gasteiger charge is 2.26. The summed E-state index contributed by atoms with van der Waals surface area (Å²) < 4.78 is 34.2. The summed E-state index contributed by atoms with van der Waals surface area (Å²) >= 11 is 6.00. The molecule has 0 aliphatic carbocycles. The number of sulfonamides is 1. The molecule has 1 aliphatic rings. The third kappa shape index (κ3) is 4.89. The average molecular weight is 475 g/mol. The number of nitrogens with one attached hydrogen (secondary N) is 1. The van der Waals surface area contributed by atoms with Crippen LogP contribution in [0.3, 0.4) is 0 Å². The fourth-order valence-corrected chi connectivity index (χ4v) is 5.35. The second-order valence-electron chi connectivity index (χ2n) is 7.80. The molecule has 4 rings (SSSR count). The summed E-state index contributed by atoms with van der Waals surface area (Å²) in [5.74, 6) is 0. The fourth-order valence-electron chi connectivity index (χ4n) is 3.81. The van der Waals surface area contributed by atoms with Crippen molar-refractivity contribution in [3.63, 3.8) is 0 Å². The first kappa shape index (κ1) is 22.9. The number of aromatic nitrogens is 2. The Hall–Kier alpha value is -2.23. The van der Waals surface area contributed by atoms with Crippen LogP contribution in [-0.4, -0.2) is 48.8 Å². The van der Waals surface area contributed by atoms with E-state index in [1.807, 2.05) is 48.0 Å². The Labute approximate surface area is 194 Å². The molecule has 1 aromatic heterocycles. The van der Waals surface area contributed by atoms with Gasteiger partial charge in [0.1, 0.15) is 0 Å². The van der Waals surface area contributed by atoms with Crippen molar-refractivity contribution in [1.82, 2.24) is 19.4 Å². The number of morpholine rings is 1. The Morgan fingerprint density at radius 2 is 1.66 bits per heavy atom. The van der Waals surface area contributed by atoms with Crippen LogP contribution in [0.4, 0.5) is 0 Å². The normalized spacial score (nSPS) is 15.2. The summed E-state index contributed by atoms with van der Waals surface area (Å²) in [6.07, 6.45) is 0. The summed E-state index contributed by atoms with van der Waals surface area (Å²) in [6.45, 7) is 7.02. The van der Waals surface area contributed by atoms with Gasteiger partial charge >= 0.3 is 0 Å². The van der Waals surface area contributed by atoms with Gasteiger partial charge in [-0.25, -0.2) is 13.1 Å². The zero-order valence-electron chi connectivity index (χ0n) is 18.2. The van der Waals surface area contributed by atoms with E-state index in [0.717, 1.165) is 28.2 Å². The Balaban J connectivity index is 1.39. The van der Waals surface area contributed by atoms with Gasteiger partial charge in [0.2, 0.25) is 10.0 Å². The van der Waals surface area contributed by atoms with Crippen LogP contribution in [0.1, 0.15) is 22.5 Å². The van der Waals surface area contributed by atoms with Crippen molar-refractivity contribution in [2.24, 2.45) is 0 Å². The van der Waals surface area contributed by atoms with E-state index < -0.39 is 10.0 Å². The molecule has 1 fully saturated rings. The molecule has 0 atom stereocenters. The minimum Gasteiger partial charge on any atom is -0.379 e. The van der Waals surface area contributed by atoms with E-state index in [2.05, 4.69) is 17.3 Å². The molecule has 0 spiro atoms. The number of halogens is 1. The predicted octanol–water partition coefficient (Wildman–Crippen LogP) is 3.45. The highest BCUT2D eigenvalue weighted by atomic mass is 35.5. The SMILES string of the molecule is Cc1nn(-c2ccc(Cl)cc2)c(C)c1CNCc1ccc(S(=O)(=O)N2CCOCC2)cc1. The number of nitrogens with zero attached hydrogens (tertiary/aromatic N) is 3. The van der Waals surface area contributed by atoms with Crippen LogP contribution in [0, 0.1) is 13.8 Å². The minimum absolute atomic E-state index is 0.319. The lowest BCUT2D eigenvalue weighted by Crippen LogP contribution is -2.40. The van der Waals surface area contributed by atoms with Crippen LogP contribution in [0.5, 0.6) is 0 Å². The fraction of sp³-hybridized carbons (Fsp3) is 0.348. The van der Waals surface area contributed by atoms with Gasteiger partial charge < -0.3 is 10.1 Å². The van der Waals surface area contributed by atoms with Crippen LogP contribution in [0.25, 0.3) is 5.69 Å². The molecule has 2 heterocycles. The summed E-state index contributed by atoms with van der Waals surface area (Å²) in [7, 11) is -3.47. The Morgan fingerprint density at radius 3 is 2.31 bits per heavy atom. The molecule has 2 aromatic carbocycles. The number of benzene rings is 2. The van der Waals surface area contributed by atoms with Gasteiger partial charge in [-0.3, -0.25) is 0 Å².